The van der Waals surface area contributed by atoms with E-state index in [1.807, 2.05) is 31.2 Å². The second kappa shape index (κ2) is 7.96. The van der Waals surface area contributed by atoms with E-state index in [9.17, 15) is 15.2 Å². The Morgan fingerprint density at radius 2 is 2.20 bits per heavy atom. The minimum absolute atomic E-state index is 0.119. The molecule has 2 aliphatic heterocycles. The lowest BCUT2D eigenvalue weighted by atomic mass is 10.1. The molecule has 2 aliphatic rings. The molecule has 138 valence electrons. The van der Waals surface area contributed by atoms with Crippen molar-refractivity contribution in [1.29, 1.82) is 0 Å². The quantitative estimate of drug-likeness (QED) is 0.498. The van der Waals surface area contributed by atoms with Crippen molar-refractivity contribution in [3.63, 3.8) is 0 Å². The number of hydrogen-bond donors (Lipinski definition) is 2. The fourth-order valence-corrected chi connectivity index (χ4v) is 3.08. The van der Waals surface area contributed by atoms with Crippen LogP contribution in [0.15, 0.2) is 24.3 Å². The highest BCUT2D eigenvalue weighted by Crippen LogP contribution is 2.28. The topological polar surface area (TPSA) is 112 Å². The normalized spacial score (nSPS) is 29.2. The summed E-state index contributed by atoms with van der Waals surface area (Å²) in [7, 11) is 0. The first-order valence-corrected chi connectivity index (χ1v) is 8.18. The molecular weight excluding hydrogens is 332 g/mol. The zero-order chi connectivity index (χ0) is 17.8. The van der Waals surface area contributed by atoms with Gasteiger partial charge in [-0.1, -0.05) is 12.1 Å². The average Bonchev–Trinajstić information content (AvgIpc) is 3.14. The molecule has 9 nitrogen and oxygen atoms in total. The molecule has 1 aromatic rings. The Balaban J connectivity index is 1.41. The third kappa shape index (κ3) is 4.57. The van der Waals surface area contributed by atoms with Gasteiger partial charge in [0.25, 0.3) is 5.09 Å². The zero-order valence-electron chi connectivity index (χ0n) is 13.9. The molecule has 5 atom stereocenters. The number of aliphatic hydroxyl groups excluding tert-OH is 1. The third-order valence-corrected chi connectivity index (χ3v) is 4.28. The van der Waals surface area contributed by atoms with Gasteiger partial charge in [0, 0.05) is 6.54 Å². The van der Waals surface area contributed by atoms with Gasteiger partial charge in [-0.15, -0.1) is 10.1 Å². The summed E-state index contributed by atoms with van der Waals surface area (Å²) >= 11 is 0. The molecule has 0 aliphatic carbocycles. The summed E-state index contributed by atoms with van der Waals surface area (Å²) in [5.74, 6) is 0.710. The first kappa shape index (κ1) is 17.9. The Morgan fingerprint density at radius 3 is 2.96 bits per heavy atom. The fourth-order valence-electron chi connectivity index (χ4n) is 3.08. The van der Waals surface area contributed by atoms with Crippen molar-refractivity contribution in [3.8, 4) is 5.75 Å². The molecule has 0 spiro atoms. The molecule has 0 amide bonds. The number of rotatable bonds is 8. The molecular formula is C16H22N2O7. The summed E-state index contributed by atoms with van der Waals surface area (Å²) in [4.78, 5) is 15.0. The van der Waals surface area contributed by atoms with Crippen LogP contribution in [0.3, 0.4) is 0 Å². The van der Waals surface area contributed by atoms with Gasteiger partial charge in [-0.25, -0.2) is 0 Å². The van der Waals surface area contributed by atoms with E-state index in [1.54, 1.807) is 0 Å². The van der Waals surface area contributed by atoms with Crippen molar-refractivity contribution in [2.45, 2.75) is 37.4 Å². The van der Waals surface area contributed by atoms with Crippen molar-refractivity contribution in [1.82, 2.24) is 5.32 Å². The van der Waals surface area contributed by atoms with Crippen molar-refractivity contribution in [2.24, 2.45) is 0 Å². The number of aliphatic hydroxyl groups is 1. The Kier molecular flexibility index (Phi) is 5.69. The molecule has 1 unspecified atom stereocenters. The molecule has 9 heteroatoms. The van der Waals surface area contributed by atoms with Gasteiger partial charge in [0.1, 0.15) is 30.7 Å². The Morgan fingerprint density at radius 1 is 1.40 bits per heavy atom. The second-order valence-electron chi connectivity index (χ2n) is 6.26. The molecule has 3 rings (SSSR count). The number of aryl methyl sites for hydroxylation is 1. The fraction of sp³-hybridized carbons (Fsp3) is 0.625. The lowest BCUT2D eigenvalue weighted by Gasteiger charge is -2.20. The summed E-state index contributed by atoms with van der Waals surface area (Å²) in [5.41, 5.74) is 1.09. The zero-order valence-corrected chi connectivity index (χ0v) is 13.9. The Hall–Kier alpha value is -1.94. The van der Waals surface area contributed by atoms with Gasteiger partial charge in [-0.05, 0) is 24.6 Å². The van der Waals surface area contributed by atoms with Gasteiger partial charge in [-0.3, -0.25) is 0 Å². The molecule has 0 radical (unpaired) electrons. The van der Waals surface area contributed by atoms with Gasteiger partial charge in [0.15, 0.2) is 6.10 Å². The SMILES string of the molecule is Cc1cccc(OCC(O)CN[C@H]2CO[C@H]3[C@@H]2OC[C@@H]3O[N+](=O)[O-])c1. The van der Waals surface area contributed by atoms with E-state index in [1.165, 1.54) is 0 Å². The first-order valence-electron chi connectivity index (χ1n) is 8.18. The van der Waals surface area contributed by atoms with E-state index in [0.717, 1.165) is 5.56 Å². The van der Waals surface area contributed by atoms with Crippen molar-refractivity contribution < 1.29 is 29.2 Å². The average molecular weight is 354 g/mol. The van der Waals surface area contributed by atoms with Crippen LogP contribution >= 0.6 is 0 Å². The highest BCUT2D eigenvalue weighted by Gasteiger charge is 2.49. The molecule has 2 heterocycles. The van der Waals surface area contributed by atoms with Crippen molar-refractivity contribution in [2.75, 3.05) is 26.4 Å². The summed E-state index contributed by atoms with van der Waals surface area (Å²) in [6.07, 6.45) is -2.20. The summed E-state index contributed by atoms with van der Waals surface area (Å²) in [6.45, 7) is 2.89. The molecule has 0 saturated carbocycles. The molecule has 0 aromatic heterocycles. The number of benzene rings is 1. The molecule has 1 aromatic carbocycles. The predicted octanol–water partition coefficient (Wildman–Crippen LogP) is 0.0674. The summed E-state index contributed by atoms with van der Waals surface area (Å²) in [6, 6.07) is 7.45. The van der Waals surface area contributed by atoms with E-state index in [2.05, 4.69) is 10.2 Å². The number of ether oxygens (including phenoxy) is 3. The van der Waals surface area contributed by atoms with Gasteiger partial charge in [0.2, 0.25) is 0 Å². The van der Waals surface area contributed by atoms with Crippen LogP contribution in [0.2, 0.25) is 0 Å². The maximum atomic E-state index is 10.5. The lowest BCUT2D eigenvalue weighted by molar-refractivity contribution is -0.769. The van der Waals surface area contributed by atoms with E-state index in [0.29, 0.717) is 18.9 Å². The third-order valence-electron chi connectivity index (χ3n) is 4.28. The van der Waals surface area contributed by atoms with Crippen LogP contribution in [0.5, 0.6) is 5.75 Å². The summed E-state index contributed by atoms with van der Waals surface area (Å²) in [5, 5.41) is 22.9. The monoisotopic (exact) mass is 354 g/mol. The van der Waals surface area contributed by atoms with Crippen molar-refractivity contribution in [3.05, 3.63) is 39.9 Å². The van der Waals surface area contributed by atoms with Crippen LogP contribution in [0, 0.1) is 17.0 Å². The van der Waals surface area contributed by atoms with E-state index in [4.69, 9.17) is 14.2 Å². The van der Waals surface area contributed by atoms with E-state index < -0.39 is 23.4 Å². The van der Waals surface area contributed by atoms with Crippen molar-refractivity contribution >= 4 is 0 Å². The number of nitrogens with one attached hydrogen (secondary N) is 1. The minimum atomic E-state index is -0.826. The van der Waals surface area contributed by atoms with Crippen LogP contribution in [-0.4, -0.2) is 67.0 Å². The number of fused-ring (bicyclic) bond motifs is 1. The largest absolute Gasteiger partial charge is 0.491 e. The number of nitrogens with zero attached hydrogens (tertiary/aromatic N) is 1. The summed E-state index contributed by atoms with van der Waals surface area (Å²) < 4.78 is 16.7. The highest BCUT2D eigenvalue weighted by atomic mass is 17.0. The molecule has 2 fully saturated rings. The van der Waals surface area contributed by atoms with Gasteiger partial charge >= 0.3 is 0 Å². The molecule has 0 bridgehead atoms. The lowest BCUT2D eigenvalue weighted by Crippen LogP contribution is -2.45. The maximum Gasteiger partial charge on any atom is 0.294 e. The first-order chi connectivity index (χ1) is 12.0. The van der Waals surface area contributed by atoms with Crippen LogP contribution < -0.4 is 10.1 Å². The smallest absolute Gasteiger partial charge is 0.294 e. The highest BCUT2D eigenvalue weighted by molar-refractivity contribution is 5.27. The van der Waals surface area contributed by atoms with Gasteiger partial charge < -0.3 is 29.5 Å². The predicted molar refractivity (Wildman–Crippen MR) is 85.8 cm³/mol. The molecule has 2 saturated heterocycles. The Labute approximate surface area is 144 Å². The standard InChI is InChI=1S/C16H22N2O7/c1-10-3-2-4-12(5-10)22-7-11(19)6-17-13-8-23-16-14(25-18(20)21)9-24-15(13)16/h2-5,11,13-17,19H,6-9H2,1H3/t11?,13-,14-,15+,16+/m0/s1. The Bertz CT molecular complexity index is 600. The van der Waals surface area contributed by atoms with Gasteiger partial charge in [-0.2, -0.15) is 0 Å². The van der Waals surface area contributed by atoms with Crippen LogP contribution in [0.25, 0.3) is 0 Å². The minimum Gasteiger partial charge on any atom is -0.491 e. The maximum absolute atomic E-state index is 10.5. The van der Waals surface area contributed by atoms with E-state index in [-0.39, 0.29) is 25.4 Å². The second-order valence-corrected chi connectivity index (χ2v) is 6.26. The van der Waals surface area contributed by atoms with Crippen LogP contribution in [0.1, 0.15) is 5.56 Å². The number of hydrogen-bond acceptors (Lipinski definition) is 8. The van der Waals surface area contributed by atoms with Gasteiger partial charge in [0.05, 0.1) is 19.3 Å². The molecule has 25 heavy (non-hydrogen) atoms. The molecule has 2 N–H and O–H groups in total. The van der Waals surface area contributed by atoms with Crippen LogP contribution in [-0.2, 0) is 14.3 Å². The van der Waals surface area contributed by atoms with E-state index >= 15 is 0 Å². The van der Waals surface area contributed by atoms with Crippen LogP contribution in [0.4, 0.5) is 0 Å².